The van der Waals surface area contributed by atoms with Gasteiger partial charge in [-0.1, -0.05) is 13.0 Å². The van der Waals surface area contributed by atoms with Gasteiger partial charge < -0.3 is 20.3 Å². The first kappa shape index (κ1) is 16.1. The van der Waals surface area contributed by atoms with Crippen molar-refractivity contribution >= 4 is 0 Å². The van der Waals surface area contributed by atoms with Gasteiger partial charge in [0.1, 0.15) is 5.75 Å². The number of ether oxygens (including phenoxy) is 2. The van der Waals surface area contributed by atoms with Gasteiger partial charge in [0.25, 0.3) is 0 Å². The van der Waals surface area contributed by atoms with Crippen molar-refractivity contribution in [2.45, 2.75) is 50.7 Å². The van der Waals surface area contributed by atoms with Crippen molar-refractivity contribution in [2.24, 2.45) is 28.9 Å². The Labute approximate surface area is 149 Å². The number of phenolic OH excluding ortho intramolecular Hbond substituents is 1. The van der Waals surface area contributed by atoms with Crippen LogP contribution < -0.4 is 5.73 Å². The van der Waals surface area contributed by atoms with E-state index in [1.54, 1.807) is 0 Å². The number of hydrogen-bond donors (Lipinski definition) is 2. The fourth-order valence-electron chi connectivity index (χ4n) is 6.97. The molecule has 2 saturated carbocycles. The minimum atomic E-state index is -0.401. The molecule has 5 rings (SSSR count). The first-order valence-electron chi connectivity index (χ1n) is 9.88. The Morgan fingerprint density at radius 3 is 2.80 bits per heavy atom. The molecule has 4 nitrogen and oxygen atoms in total. The van der Waals surface area contributed by atoms with Gasteiger partial charge >= 0.3 is 0 Å². The van der Waals surface area contributed by atoms with E-state index in [0.717, 1.165) is 39.0 Å². The predicted octanol–water partition coefficient (Wildman–Crippen LogP) is 3.18. The van der Waals surface area contributed by atoms with E-state index in [2.05, 4.69) is 13.0 Å². The van der Waals surface area contributed by atoms with Crippen LogP contribution in [0.4, 0.5) is 0 Å². The van der Waals surface area contributed by atoms with Gasteiger partial charge in [0.2, 0.25) is 0 Å². The summed E-state index contributed by atoms with van der Waals surface area (Å²) in [6.45, 7) is 4.56. The Morgan fingerprint density at radius 2 is 2.04 bits per heavy atom. The number of rotatable bonds is 1. The Balaban J connectivity index is 1.55. The minimum Gasteiger partial charge on any atom is -0.508 e. The summed E-state index contributed by atoms with van der Waals surface area (Å²) < 4.78 is 12.5. The summed E-state index contributed by atoms with van der Waals surface area (Å²) in [7, 11) is 0. The molecule has 4 aliphatic rings. The summed E-state index contributed by atoms with van der Waals surface area (Å²) in [6.07, 6.45) is 5.52. The van der Waals surface area contributed by atoms with Gasteiger partial charge in [0.15, 0.2) is 5.79 Å². The lowest BCUT2D eigenvalue weighted by Gasteiger charge is -2.53. The largest absolute Gasteiger partial charge is 0.508 e. The number of benzene rings is 1. The van der Waals surface area contributed by atoms with Crippen molar-refractivity contribution in [1.29, 1.82) is 0 Å². The maximum absolute atomic E-state index is 9.85. The highest BCUT2D eigenvalue weighted by Gasteiger charge is 2.68. The van der Waals surface area contributed by atoms with Crippen molar-refractivity contribution in [2.75, 3.05) is 19.8 Å². The molecule has 1 heterocycles. The third-order valence-electron chi connectivity index (χ3n) is 7.93. The zero-order valence-corrected chi connectivity index (χ0v) is 15.0. The molecule has 0 bridgehead atoms. The summed E-state index contributed by atoms with van der Waals surface area (Å²) >= 11 is 0. The maximum atomic E-state index is 9.85. The van der Waals surface area contributed by atoms with Crippen LogP contribution in [0.25, 0.3) is 0 Å². The Kier molecular flexibility index (Phi) is 3.51. The van der Waals surface area contributed by atoms with Crippen molar-refractivity contribution in [3.05, 3.63) is 29.3 Å². The van der Waals surface area contributed by atoms with Gasteiger partial charge in [-0.05, 0) is 79.2 Å². The molecule has 3 fully saturated rings. The summed E-state index contributed by atoms with van der Waals surface area (Å²) in [5.41, 5.74) is 9.12. The lowest BCUT2D eigenvalue weighted by molar-refractivity contribution is -0.237. The molecular weight excluding hydrogens is 314 g/mol. The molecule has 0 unspecified atom stereocenters. The Morgan fingerprint density at radius 1 is 1.24 bits per heavy atom. The topological polar surface area (TPSA) is 64.7 Å². The van der Waals surface area contributed by atoms with Gasteiger partial charge in [-0.2, -0.15) is 0 Å². The number of hydrogen-bond acceptors (Lipinski definition) is 4. The van der Waals surface area contributed by atoms with E-state index >= 15 is 0 Å². The van der Waals surface area contributed by atoms with E-state index in [1.807, 2.05) is 12.1 Å². The third-order valence-corrected chi connectivity index (χ3v) is 7.93. The SMILES string of the molecule is C[C@]12CC[C@@H]3c4ccc(O)cc4CC[C@H]3[C@@H]1[C@@H](CN)CC21OCCO1. The van der Waals surface area contributed by atoms with Gasteiger partial charge in [-0.3, -0.25) is 0 Å². The van der Waals surface area contributed by atoms with Crippen LogP contribution in [-0.2, 0) is 15.9 Å². The second kappa shape index (κ2) is 5.45. The maximum Gasteiger partial charge on any atom is 0.174 e. The zero-order chi connectivity index (χ0) is 17.2. The molecule has 0 aromatic heterocycles. The molecular formula is C21H29NO3. The van der Waals surface area contributed by atoms with E-state index in [-0.39, 0.29) is 5.41 Å². The quantitative estimate of drug-likeness (QED) is 0.822. The van der Waals surface area contributed by atoms with Crippen molar-refractivity contribution in [1.82, 2.24) is 0 Å². The molecule has 3 N–H and O–H groups in total. The summed E-state index contributed by atoms with van der Waals surface area (Å²) in [4.78, 5) is 0. The molecule has 1 spiro atoms. The molecule has 0 radical (unpaired) electrons. The minimum absolute atomic E-state index is 0.0725. The molecule has 1 saturated heterocycles. The van der Waals surface area contributed by atoms with E-state index in [4.69, 9.17) is 15.2 Å². The first-order valence-corrected chi connectivity index (χ1v) is 9.88. The molecule has 0 amide bonds. The number of nitrogens with two attached hydrogens (primary N) is 1. The standard InChI is InChI=1S/C21H29NO3/c1-20-7-6-17-16-5-3-15(23)10-13(16)2-4-18(17)19(20)14(12-22)11-21(20)24-8-9-25-21/h3,5,10,14,17-19,23H,2,4,6-9,11-12,22H2,1H3/t14-,17-,18-,19+,20+/m1/s1. The van der Waals surface area contributed by atoms with Crippen LogP contribution >= 0.6 is 0 Å². The monoisotopic (exact) mass is 343 g/mol. The van der Waals surface area contributed by atoms with Gasteiger partial charge in [0, 0.05) is 11.8 Å². The third kappa shape index (κ3) is 2.05. The molecule has 1 aromatic carbocycles. The van der Waals surface area contributed by atoms with E-state index in [1.165, 1.54) is 24.0 Å². The van der Waals surface area contributed by atoms with Gasteiger partial charge in [-0.15, -0.1) is 0 Å². The smallest absolute Gasteiger partial charge is 0.174 e. The fraction of sp³-hybridized carbons (Fsp3) is 0.714. The van der Waals surface area contributed by atoms with Crippen LogP contribution in [0.2, 0.25) is 0 Å². The second-order valence-corrected chi connectivity index (χ2v) is 8.82. The molecule has 25 heavy (non-hydrogen) atoms. The number of fused-ring (bicyclic) bond motifs is 6. The predicted molar refractivity (Wildman–Crippen MR) is 95.3 cm³/mol. The highest BCUT2D eigenvalue weighted by Crippen LogP contribution is 2.67. The highest BCUT2D eigenvalue weighted by molar-refractivity contribution is 5.40. The van der Waals surface area contributed by atoms with Crippen molar-refractivity contribution < 1.29 is 14.6 Å². The average Bonchev–Trinajstić information content (AvgIpc) is 3.18. The fourth-order valence-corrected chi connectivity index (χ4v) is 6.97. The van der Waals surface area contributed by atoms with Gasteiger partial charge in [-0.25, -0.2) is 0 Å². The van der Waals surface area contributed by atoms with Gasteiger partial charge in [0.05, 0.1) is 13.2 Å². The first-order chi connectivity index (χ1) is 12.1. The van der Waals surface area contributed by atoms with Crippen LogP contribution in [0.5, 0.6) is 5.75 Å². The number of phenols is 1. The van der Waals surface area contributed by atoms with Crippen LogP contribution in [0.3, 0.4) is 0 Å². The highest BCUT2D eigenvalue weighted by atomic mass is 16.7. The summed E-state index contributed by atoms with van der Waals surface area (Å²) in [5, 5.41) is 9.85. The number of aromatic hydroxyl groups is 1. The normalized spacial score (nSPS) is 41.4. The van der Waals surface area contributed by atoms with Crippen LogP contribution in [-0.4, -0.2) is 30.7 Å². The molecule has 1 aromatic rings. The van der Waals surface area contributed by atoms with Crippen LogP contribution in [0, 0.1) is 23.2 Å². The van der Waals surface area contributed by atoms with Crippen molar-refractivity contribution in [3.8, 4) is 5.75 Å². The molecule has 4 heteroatoms. The average molecular weight is 343 g/mol. The van der Waals surface area contributed by atoms with E-state index < -0.39 is 5.79 Å². The summed E-state index contributed by atoms with van der Waals surface area (Å²) in [6, 6.07) is 5.99. The summed E-state index contributed by atoms with van der Waals surface area (Å²) in [5.74, 6) is 2.28. The van der Waals surface area contributed by atoms with E-state index in [0.29, 0.717) is 29.4 Å². The molecule has 136 valence electrons. The van der Waals surface area contributed by atoms with Crippen molar-refractivity contribution in [3.63, 3.8) is 0 Å². The lowest BCUT2D eigenvalue weighted by atomic mass is 9.53. The molecule has 5 atom stereocenters. The number of aryl methyl sites for hydroxylation is 1. The van der Waals surface area contributed by atoms with Crippen LogP contribution in [0.1, 0.15) is 49.7 Å². The molecule has 3 aliphatic carbocycles. The Bertz CT molecular complexity index is 684. The lowest BCUT2D eigenvalue weighted by Crippen LogP contribution is -2.52. The van der Waals surface area contributed by atoms with Crippen LogP contribution in [0.15, 0.2) is 18.2 Å². The Hall–Kier alpha value is -1.10. The van der Waals surface area contributed by atoms with E-state index in [9.17, 15) is 5.11 Å². The second-order valence-electron chi connectivity index (χ2n) is 8.82. The molecule has 1 aliphatic heterocycles. The zero-order valence-electron chi connectivity index (χ0n) is 15.0.